The molecule has 0 atom stereocenters. The molecular weight excluding hydrogens is 462 g/mol. The number of hydrogen-bond acceptors (Lipinski definition) is 5. The van der Waals surface area contributed by atoms with Gasteiger partial charge in [0.15, 0.2) is 0 Å². The molecule has 2 aliphatic rings. The molecule has 1 amide bonds. The minimum absolute atomic E-state index is 0.0140. The summed E-state index contributed by atoms with van der Waals surface area (Å²) >= 11 is 0. The summed E-state index contributed by atoms with van der Waals surface area (Å²) in [6.07, 6.45) is 5.89. The molecule has 0 saturated carbocycles. The van der Waals surface area contributed by atoms with Crippen molar-refractivity contribution < 1.29 is 17.9 Å². The Hall–Kier alpha value is -1.64. The lowest BCUT2D eigenvalue weighted by Gasteiger charge is -2.53. The van der Waals surface area contributed by atoms with Gasteiger partial charge in [0, 0.05) is 17.8 Å². The van der Waals surface area contributed by atoms with E-state index in [0.717, 1.165) is 63.1 Å². The number of carbonyl (C=O) groups excluding carboxylic acids is 1. The van der Waals surface area contributed by atoms with E-state index in [9.17, 15) is 13.2 Å². The van der Waals surface area contributed by atoms with Gasteiger partial charge in [-0.1, -0.05) is 27.2 Å². The molecule has 1 aromatic carbocycles. The third kappa shape index (κ3) is 7.67. The molecule has 0 radical (unpaired) electrons. The molecule has 0 bridgehead atoms. The zero-order valence-electron chi connectivity index (χ0n) is 22.3. The Bertz CT molecular complexity index is 936. The Labute approximate surface area is 212 Å². The largest absolute Gasteiger partial charge is 0.494 e. The maximum Gasteiger partial charge on any atom is 0.238 e. The molecule has 0 aliphatic carbocycles. The van der Waals surface area contributed by atoms with Gasteiger partial charge >= 0.3 is 0 Å². The van der Waals surface area contributed by atoms with Crippen LogP contribution in [-0.4, -0.2) is 67.6 Å². The SMILES string of the molecule is CCCCOc1ccc(NC(=O)CN2CCC3(CC2)CCC(C)(C)N(S(=O)(=O)CC(C)C)C3)cc1. The van der Waals surface area contributed by atoms with Crippen LogP contribution >= 0.6 is 0 Å². The summed E-state index contributed by atoms with van der Waals surface area (Å²) in [5.74, 6) is 1.10. The lowest BCUT2D eigenvalue weighted by Crippen LogP contribution is -2.59. The van der Waals surface area contributed by atoms with Crippen molar-refractivity contribution in [1.29, 1.82) is 0 Å². The van der Waals surface area contributed by atoms with Crippen molar-refractivity contribution in [2.24, 2.45) is 11.3 Å². The summed E-state index contributed by atoms with van der Waals surface area (Å²) in [5, 5.41) is 2.99. The number of rotatable bonds is 10. The van der Waals surface area contributed by atoms with E-state index < -0.39 is 10.0 Å². The van der Waals surface area contributed by atoms with Gasteiger partial charge in [-0.2, -0.15) is 4.31 Å². The predicted octanol–water partition coefficient (Wildman–Crippen LogP) is 4.75. The number of hydrogen-bond donors (Lipinski definition) is 1. The maximum atomic E-state index is 13.2. The Kier molecular flexibility index (Phi) is 9.27. The smallest absolute Gasteiger partial charge is 0.238 e. The van der Waals surface area contributed by atoms with E-state index in [1.807, 2.05) is 38.1 Å². The number of sulfonamides is 1. The van der Waals surface area contributed by atoms with Crippen molar-refractivity contribution in [3.05, 3.63) is 24.3 Å². The second kappa shape index (κ2) is 11.6. The molecule has 8 heteroatoms. The minimum Gasteiger partial charge on any atom is -0.494 e. The standard InChI is InChI=1S/C27H45N3O4S/c1-6-7-18-34-24-10-8-23(9-11-24)28-25(31)19-29-16-14-27(15-17-29)13-12-26(4,5)30(21-27)35(32,33)20-22(2)3/h8-11,22H,6-7,12-21H2,1-5H3,(H,28,31). The number of ether oxygens (including phenoxy) is 1. The molecule has 7 nitrogen and oxygen atoms in total. The van der Waals surface area contributed by atoms with Crippen LogP contribution in [0.2, 0.25) is 0 Å². The van der Waals surface area contributed by atoms with Crippen LogP contribution in [0.3, 0.4) is 0 Å². The van der Waals surface area contributed by atoms with Gasteiger partial charge in [0.2, 0.25) is 15.9 Å². The molecule has 2 aliphatic heterocycles. The zero-order chi connectivity index (χ0) is 25.7. The van der Waals surface area contributed by atoms with Crippen molar-refractivity contribution in [2.45, 2.75) is 78.7 Å². The molecular formula is C27H45N3O4S. The second-order valence-corrected chi connectivity index (χ2v) is 13.5. The number of amides is 1. The fourth-order valence-electron chi connectivity index (χ4n) is 5.25. The first-order valence-electron chi connectivity index (χ1n) is 13.2. The maximum absolute atomic E-state index is 13.2. The summed E-state index contributed by atoms with van der Waals surface area (Å²) < 4.78 is 33.8. The molecule has 0 aromatic heterocycles. The van der Waals surface area contributed by atoms with Crippen molar-refractivity contribution in [3.8, 4) is 5.75 Å². The number of unbranched alkanes of at least 4 members (excludes halogenated alkanes) is 1. The van der Waals surface area contributed by atoms with Crippen LogP contribution in [-0.2, 0) is 14.8 Å². The number of nitrogens with one attached hydrogen (secondary N) is 1. The first-order chi connectivity index (χ1) is 16.4. The Balaban J connectivity index is 1.51. The van der Waals surface area contributed by atoms with Gasteiger partial charge < -0.3 is 10.1 Å². The summed E-state index contributed by atoms with van der Waals surface area (Å²) in [6, 6.07) is 7.53. The first kappa shape index (κ1) is 27.9. The van der Waals surface area contributed by atoms with Gasteiger partial charge in [-0.3, -0.25) is 9.69 Å². The fraction of sp³-hybridized carbons (Fsp3) is 0.741. The quantitative estimate of drug-likeness (QED) is 0.463. The van der Waals surface area contributed by atoms with Crippen molar-refractivity contribution >= 4 is 21.6 Å². The van der Waals surface area contributed by atoms with E-state index in [1.165, 1.54) is 0 Å². The monoisotopic (exact) mass is 507 g/mol. The van der Waals surface area contributed by atoms with E-state index in [2.05, 4.69) is 31.0 Å². The second-order valence-electron chi connectivity index (χ2n) is 11.5. The molecule has 35 heavy (non-hydrogen) atoms. The molecule has 1 aromatic rings. The molecule has 2 heterocycles. The summed E-state index contributed by atoms with van der Waals surface area (Å²) in [6.45, 7) is 13.5. The van der Waals surface area contributed by atoms with Crippen molar-refractivity contribution in [1.82, 2.24) is 9.21 Å². The predicted molar refractivity (Wildman–Crippen MR) is 142 cm³/mol. The molecule has 198 valence electrons. The van der Waals surface area contributed by atoms with Crippen LogP contribution in [0.1, 0.15) is 73.1 Å². The lowest BCUT2D eigenvalue weighted by atomic mass is 9.69. The van der Waals surface area contributed by atoms with E-state index in [1.54, 1.807) is 4.31 Å². The van der Waals surface area contributed by atoms with Gasteiger partial charge in [0.25, 0.3) is 0 Å². The Morgan fingerprint density at radius 1 is 1.09 bits per heavy atom. The highest BCUT2D eigenvalue weighted by molar-refractivity contribution is 7.89. The minimum atomic E-state index is -3.30. The summed E-state index contributed by atoms with van der Waals surface area (Å²) in [4.78, 5) is 14.8. The molecule has 0 unspecified atom stereocenters. The molecule has 2 fully saturated rings. The number of nitrogens with zero attached hydrogens (tertiary/aromatic N) is 2. The molecule has 3 rings (SSSR count). The van der Waals surface area contributed by atoms with E-state index in [4.69, 9.17) is 4.74 Å². The van der Waals surface area contributed by atoms with Gasteiger partial charge in [-0.15, -0.1) is 0 Å². The van der Waals surface area contributed by atoms with E-state index in [0.29, 0.717) is 19.7 Å². The van der Waals surface area contributed by atoms with Crippen LogP contribution in [0.5, 0.6) is 5.75 Å². The average molecular weight is 508 g/mol. The fourth-order valence-corrected chi connectivity index (χ4v) is 7.58. The first-order valence-corrected chi connectivity index (χ1v) is 14.8. The van der Waals surface area contributed by atoms with Gasteiger partial charge in [-0.05, 0) is 94.6 Å². The van der Waals surface area contributed by atoms with Gasteiger partial charge in [-0.25, -0.2) is 8.42 Å². The molecule has 2 saturated heterocycles. The third-order valence-electron chi connectivity index (χ3n) is 7.49. The highest BCUT2D eigenvalue weighted by atomic mass is 32.2. The van der Waals surface area contributed by atoms with Crippen LogP contribution in [0.4, 0.5) is 5.69 Å². The van der Waals surface area contributed by atoms with Crippen molar-refractivity contribution in [2.75, 3.05) is 43.9 Å². The third-order valence-corrected chi connectivity index (χ3v) is 9.87. The normalized spacial score (nSPS) is 20.7. The number of anilines is 1. The highest BCUT2D eigenvalue weighted by Gasteiger charge is 2.48. The van der Waals surface area contributed by atoms with Crippen LogP contribution in [0, 0.1) is 11.3 Å². The summed E-state index contributed by atoms with van der Waals surface area (Å²) in [7, 11) is -3.30. The van der Waals surface area contributed by atoms with E-state index in [-0.39, 0.29) is 28.5 Å². The van der Waals surface area contributed by atoms with Gasteiger partial charge in [0.05, 0.1) is 18.9 Å². The topological polar surface area (TPSA) is 79.0 Å². The van der Waals surface area contributed by atoms with E-state index >= 15 is 0 Å². The van der Waals surface area contributed by atoms with Crippen LogP contribution in [0.25, 0.3) is 0 Å². The number of carbonyl (C=O) groups is 1. The lowest BCUT2D eigenvalue weighted by molar-refractivity contribution is -0.118. The van der Waals surface area contributed by atoms with Crippen molar-refractivity contribution in [3.63, 3.8) is 0 Å². The van der Waals surface area contributed by atoms with Crippen LogP contribution in [0.15, 0.2) is 24.3 Å². The Morgan fingerprint density at radius 3 is 2.34 bits per heavy atom. The molecule has 1 N–H and O–H groups in total. The Morgan fingerprint density at radius 2 is 1.74 bits per heavy atom. The number of benzene rings is 1. The number of piperidine rings is 2. The summed E-state index contributed by atoms with van der Waals surface area (Å²) in [5.41, 5.74) is 0.444. The highest BCUT2D eigenvalue weighted by Crippen LogP contribution is 2.46. The van der Waals surface area contributed by atoms with Crippen LogP contribution < -0.4 is 10.1 Å². The molecule has 1 spiro atoms. The van der Waals surface area contributed by atoms with Gasteiger partial charge in [0.1, 0.15) is 5.75 Å². The average Bonchev–Trinajstić information content (AvgIpc) is 2.78. The number of likely N-dealkylation sites (tertiary alicyclic amines) is 1. The zero-order valence-corrected chi connectivity index (χ0v) is 23.1.